The van der Waals surface area contributed by atoms with Crippen LogP contribution in [0.25, 0.3) is 10.9 Å². The molecule has 0 aliphatic carbocycles. The summed E-state index contributed by atoms with van der Waals surface area (Å²) in [4.78, 5) is 12.7. The van der Waals surface area contributed by atoms with Gasteiger partial charge in [0.2, 0.25) is 0 Å². The first-order valence-corrected chi connectivity index (χ1v) is 7.88. The topological polar surface area (TPSA) is 47.4 Å². The van der Waals surface area contributed by atoms with E-state index in [4.69, 9.17) is 4.74 Å². The fourth-order valence-electron chi connectivity index (χ4n) is 3.08. The molecule has 5 nitrogen and oxygen atoms in total. The van der Waals surface area contributed by atoms with Crippen molar-refractivity contribution in [1.29, 1.82) is 0 Å². The first-order valence-electron chi connectivity index (χ1n) is 7.88. The summed E-state index contributed by atoms with van der Waals surface area (Å²) in [6, 6.07) is 10.3. The van der Waals surface area contributed by atoms with Crippen molar-refractivity contribution in [1.82, 2.24) is 14.7 Å². The van der Waals surface area contributed by atoms with E-state index in [1.807, 2.05) is 24.3 Å². The minimum absolute atomic E-state index is 0.0945. The number of aromatic nitrogens is 2. The summed E-state index contributed by atoms with van der Waals surface area (Å²) in [6.07, 6.45) is 0.944. The van der Waals surface area contributed by atoms with Gasteiger partial charge in [-0.1, -0.05) is 42.5 Å². The molecule has 0 saturated carbocycles. The molecule has 0 bridgehead atoms. The monoisotopic (exact) mass is 343 g/mol. The average molecular weight is 343 g/mol. The van der Waals surface area contributed by atoms with Gasteiger partial charge in [0, 0.05) is 17.5 Å². The van der Waals surface area contributed by atoms with Gasteiger partial charge in [0.1, 0.15) is 0 Å². The maximum atomic E-state index is 14.6. The predicted molar refractivity (Wildman–Crippen MR) is 87.0 cm³/mol. The molecule has 25 heavy (non-hydrogen) atoms. The molecule has 7 heteroatoms. The number of hydrogen-bond donors (Lipinski definition) is 0. The smallest absolute Gasteiger partial charge is 0.416 e. The number of carbonyl (C=O) groups excluding carboxylic acids is 1. The second-order valence-electron chi connectivity index (χ2n) is 5.84. The third-order valence-electron chi connectivity index (χ3n) is 4.37. The van der Waals surface area contributed by atoms with Crippen LogP contribution in [0.3, 0.4) is 0 Å². The second kappa shape index (κ2) is 5.84. The Hall–Kier alpha value is -2.96. The molecule has 3 aromatic rings. The second-order valence-corrected chi connectivity index (χ2v) is 5.84. The standard InChI is InChI=1S/C18H15F2N3O2/c19-18(20)15-7-3-1-5-13(15)9-10-22(18)17(24)25-12-23-16-8-4-2-6-14(16)11-21-23/h1-8,11H,9-10,12H2. The number of nitrogens with zero attached hydrogens (tertiary/aromatic N) is 3. The van der Waals surface area contributed by atoms with Crippen molar-refractivity contribution in [3.05, 3.63) is 65.9 Å². The summed E-state index contributed by atoms with van der Waals surface area (Å²) in [5.74, 6) is 0. The number of ether oxygens (including phenoxy) is 1. The number of para-hydroxylation sites is 1. The average Bonchev–Trinajstić information content (AvgIpc) is 3.03. The van der Waals surface area contributed by atoms with Gasteiger partial charge in [-0.3, -0.25) is 0 Å². The highest BCUT2D eigenvalue weighted by atomic mass is 19.3. The zero-order valence-electron chi connectivity index (χ0n) is 13.2. The Labute approximate surface area is 142 Å². The highest BCUT2D eigenvalue weighted by Gasteiger charge is 2.47. The first-order chi connectivity index (χ1) is 12.1. The Morgan fingerprint density at radius 1 is 1.16 bits per heavy atom. The summed E-state index contributed by atoms with van der Waals surface area (Å²) in [5, 5.41) is 5.00. The molecule has 0 radical (unpaired) electrons. The van der Waals surface area contributed by atoms with Crippen molar-refractivity contribution in [3.8, 4) is 0 Å². The Bertz CT molecular complexity index is 939. The van der Waals surface area contributed by atoms with Crippen molar-refractivity contribution in [2.24, 2.45) is 0 Å². The summed E-state index contributed by atoms with van der Waals surface area (Å²) in [6.45, 7) is -0.316. The van der Waals surface area contributed by atoms with E-state index < -0.39 is 12.1 Å². The summed E-state index contributed by atoms with van der Waals surface area (Å²) in [7, 11) is 0. The number of amides is 1. The van der Waals surface area contributed by atoms with Crippen molar-refractivity contribution >= 4 is 17.0 Å². The van der Waals surface area contributed by atoms with Crippen LogP contribution in [0.5, 0.6) is 0 Å². The molecule has 0 unspecified atom stereocenters. The molecule has 0 N–H and O–H groups in total. The normalized spacial score (nSPS) is 15.8. The molecule has 0 fully saturated rings. The summed E-state index contributed by atoms with van der Waals surface area (Å²) in [5.41, 5.74) is 1.17. The van der Waals surface area contributed by atoms with Crippen molar-refractivity contribution in [2.45, 2.75) is 19.2 Å². The van der Waals surface area contributed by atoms with E-state index in [9.17, 15) is 13.6 Å². The zero-order chi connectivity index (χ0) is 17.4. The quantitative estimate of drug-likeness (QED) is 0.666. The lowest BCUT2D eigenvalue weighted by Gasteiger charge is -2.35. The molecule has 0 saturated heterocycles. The van der Waals surface area contributed by atoms with E-state index in [1.54, 1.807) is 18.3 Å². The van der Waals surface area contributed by atoms with Gasteiger partial charge in [0.15, 0.2) is 6.73 Å². The van der Waals surface area contributed by atoms with E-state index in [0.29, 0.717) is 16.9 Å². The van der Waals surface area contributed by atoms with Crippen LogP contribution in [0.2, 0.25) is 0 Å². The number of benzene rings is 2. The van der Waals surface area contributed by atoms with Crippen LogP contribution in [0.4, 0.5) is 13.6 Å². The van der Waals surface area contributed by atoms with Gasteiger partial charge >= 0.3 is 12.1 Å². The Morgan fingerprint density at radius 2 is 1.92 bits per heavy atom. The number of carbonyl (C=O) groups is 1. The van der Waals surface area contributed by atoms with Crippen LogP contribution < -0.4 is 0 Å². The Balaban J connectivity index is 1.52. The van der Waals surface area contributed by atoms with E-state index in [-0.39, 0.29) is 18.8 Å². The van der Waals surface area contributed by atoms with Crippen LogP contribution >= 0.6 is 0 Å². The maximum absolute atomic E-state index is 14.6. The molecule has 128 valence electrons. The highest BCUT2D eigenvalue weighted by Crippen LogP contribution is 2.38. The van der Waals surface area contributed by atoms with Gasteiger partial charge in [-0.15, -0.1) is 0 Å². The van der Waals surface area contributed by atoms with Crippen LogP contribution in [0.1, 0.15) is 11.1 Å². The molecule has 0 spiro atoms. The van der Waals surface area contributed by atoms with Crippen LogP contribution in [0, 0.1) is 0 Å². The number of fused-ring (bicyclic) bond motifs is 2. The fourth-order valence-corrected chi connectivity index (χ4v) is 3.08. The molecule has 2 aromatic carbocycles. The molecule has 1 aliphatic rings. The predicted octanol–water partition coefficient (Wildman–Crippen LogP) is 3.74. The van der Waals surface area contributed by atoms with Gasteiger partial charge in [-0.25, -0.2) is 14.4 Å². The number of rotatable bonds is 2. The van der Waals surface area contributed by atoms with Crippen LogP contribution in [0.15, 0.2) is 54.7 Å². The lowest BCUT2D eigenvalue weighted by molar-refractivity contribution is -0.148. The lowest BCUT2D eigenvalue weighted by atomic mass is 9.98. The van der Waals surface area contributed by atoms with E-state index >= 15 is 0 Å². The van der Waals surface area contributed by atoms with Crippen LogP contribution in [-0.4, -0.2) is 27.3 Å². The molecule has 1 amide bonds. The van der Waals surface area contributed by atoms with Gasteiger partial charge < -0.3 is 4.74 Å². The maximum Gasteiger partial charge on any atom is 0.416 e. The van der Waals surface area contributed by atoms with Gasteiger partial charge in [0.25, 0.3) is 0 Å². The molecule has 0 atom stereocenters. The SMILES string of the molecule is O=C(OCn1ncc2ccccc21)N1CCc2ccccc2C1(F)F. The summed E-state index contributed by atoms with van der Waals surface area (Å²) >= 11 is 0. The van der Waals surface area contributed by atoms with Crippen molar-refractivity contribution in [3.63, 3.8) is 0 Å². The fraction of sp³-hybridized carbons (Fsp3) is 0.222. The zero-order valence-corrected chi connectivity index (χ0v) is 13.2. The molecule has 4 rings (SSSR count). The van der Waals surface area contributed by atoms with Crippen molar-refractivity contribution < 1.29 is 18.3 Å². The number of halogens is 2. The molecule has 1 aliphatic heterocycles. The third kappa shape index (κ3) is 2.61. The van der Waals surface area contributed by atoms with E-state index in [0.717, 1.165) is 10.9 Å². The summed E-state index contributed by atoms with van der Waals surface area (Å²) < 4.78 is 35.8. The van der Waals surface area contributed by atoms with Gasteiger partial charge in [-0.05, 0) is 18.1 Å². The molecule has 2 heterocycles. The Kier molecular flexibility index (Phi) is 3.63. The number of alkyl halides is 2. The van der Waals surface area contributed by atoms with E-state index in [1.165, 1.54) is 16.8 Å². The number of hydrogen-bond acceptors (Lipinski definition) is 3. The third-order valence-corrected chi connectivity index (χ3v) is 4.37. The van der Waals surface area contributed by atoms with Gasteiger partial charge in [0.05, 0.1) is 11.7 Å². The van der Waals surface area contributed by atoms with Crippen LogP contribution in [-0.2, 0) is 23.9 Å². The largest absolute Gasteiger partial charge is 0.426 e. The van der Waals surface area contributed by atoms with E-state index in [2.05, 4.69) is 5.10 Å². The first kappa shape index (κ1) is 15.6. The lowest BCUT2D eigenvalue weighted by Crippen LogP contribution is -2.48. The van der Waals surface area contributed by atoms with Gasteiger partial charge in [-0.2, -0.15) is 13.9 Å². The highest BCUT2D eigenvalue weighted by molar-refractivity contribution is 5.78. The van der Waals surface area contributed by atoms with Crippen molar-refractivity contribution in [2.75, 3.05) is 6.54 Å². The molecular formula is C18H15F2N3O2. The Morgan fingerprint density at radius 3 is 2.80 bits per heavy atom. The molecular weight excluding hydrogens is 328 g/mol. The minimum Gasteiger partial charge on any atom is -0.426 e. The minimum atomic E-state index is -3.39. The molecule has 1 aromatic heterocycles.